The van der Waals surface area contributed by atoms with E-state index in [0.29, 0.717) is 11.7 Å². The summed E-state index contributed by atoms with van der Waals surface area (Å²) in [6.07, 6.45) is 1.15. The van der Waals surface area contributed by atoms with Gasteiger partial charge >= 0.3 is 5.97 Å². The molecule has 7 nitrogen and oxygen atoms in total. The van der Waals surface area contributed by atoms with Gasteiger partial charge in [0.15, 0.2) is 11.3 Å². The van der Waals surface area contributed by atoms with Gasteiger partial charge in [0.1, 0.15) is 0 Å². The molecule has 1 N–H and O–H groups in total. The molecule has 2 aromatic carbocycles. The lowest BCUT2D eigenvalue weighted by atomic mass is 10.0. The van der Waals surface area contributed by atoms with Gasteiger partial charge in [-0.05, 0) is 68.9 Å². The van der Waals surface area contributed by atoms with Crippen LogP contribution in [0, 0.1) is 6.92 Å². The molecule has 0 spiro atoms. The number of aromatic nitrogens is 3. The summed E-state index contributed by atoms with van der Waals surface area (Å²) < 4.78 is 1.72. The number of carbonyl (C=O) groups is 1. The normalized spacial score (nSPS) is 16.1. The third kappa shape index (κ3) is 3.85. The first-order valence-corrected chi connectivity index (χ1v) is 11.1. The Balaban J connectivity index is 1.59. The summed E-state index contributed by atoms with van der Waals surface area (Å²) >= 11 is 0. The lowest BCUT2D eigenvalue weighted by molar-refractivity contribution is 0.0691. The molecule has 1 atom stereocenters. The Morgan fingerprint density at radius 1 is 1.06 bits per heavy atom. The quantitative estimate of drug-likeness (QED) is 0.500. The molecule has 1 aliphatic rings. The zero-order chi connectivity index (χ0) is 23.1. The number of anilines is 1. The zero-order valence-corrected chi connectivity index (χ0v) is 19.1. The minimum atomic E-state index is -1.06. The van der Waals surface area contributed by atoms with Crippen LogP contribution in [0.2, 0.25) is 0 Å². The number of carboxylic acids is 1. The first-order chi connectivity index (χ1) is 15.9. The van der Waals surface area contributed by atoms with Crippen molar-refractivity contribution in [2.45, 2.75) is 19.4 Å². The van der Waals surface area contributed by atoms with Crippen molar-refractivity contribution in [1.82, 2.24) is 19.7 Å². The summed E-state index contributed by atoms with van der Waals surface area (Å²) in [5.41, 5.74) is 5.17. The highest BCUT2D eigenvalue weighted by atomic mass is 16.4. The van der Waals surface area contributed by atoms with Gasteiger partial charge in [-0.25, -0.2) is 14.5 Å². The molecule has 1 aliphatic heterocycles. The van der Waals surface area contributed by atoms with Crippen LogP contribution in [0.1, 0.15) is 22.6 Å². The fourth-order valence-electron chi connectivity index (χ4n) is 4.63. The second-order valence-corrected chi connectivity index (χ2v) is 8.79. The fraction of sp³-hybridized carbons (Fsp3) is 0.269. The second kappa shape index (κ2) is 8.33. The van der Waals surface area contributed by atoms with Crippen molar-refractivity contribution in [3.8, 4) is 16.8 Å². The molecule has 0 radical (unpaired) electrons. The number of rotatable bonds is 5. The molecule has 4 aromatic rings. The van der Waals surface area contributed by atoms with Crippen molar-refractivity contribution in [2.75, 3.05) is 32.1 Å². The summed E-state index contributed by atoms with van der Waals surface area (Å²) in [6.45, 7) is 3.99. The van der Waals surface area contributed by atoms with Crippen LogP contribution >= 0.6 is 0 Å². The Kier molecular flexibility index (Phi) is 5.34. The van der Waals surface area contributed by atoms with Gasteiger partial charge in [-0.1, -0.05) is 30.3 Å². The average Bonchev–Trinajstić information content (AvgIpc) is 3.45. The highest BCUT2D eigenvalue weighted by Gasteiger charge is 2.24. The summed E-state index contributed by atoms with van der Waals surface area (Å²) in [7, 11) is 4.26. The van der Waals surface area contributed by atoms with Crippen LogP contribution in [0.15, 0.2) is 60.7 Å². The van der Waals surface area contributed by atoms with Gasteiger partial charge < -0.3 is 14.9 Å². The minimum absolute atomic E-state index is 0.00650. The monoisotopic (exact) mass is 441 g/mol. The predicted molar refractivity (Wildman–Crippen MR) is 130 cm³/mol. The predicted octanol–water partition coefficient (Wildman–Crippen LogP) is 4.23. The Hall–Kier alpha value is -3.71. The van der Waals surface area contributed by atoms with Crippen molar-refractivity contribution >= 4 is 22.7 Å². The van der Waals surface area contributed by atoms with Crippen LogP contribution in [0.25, 0.3) is 27.8 Å². The Labute approximate surface area is 192 Å². The molecule has 1 fully saturated rings. The van der Waals surface area contributed by atoms with Crippen LogP contribution in [-0.4, -0.2) is 64.0 Å². The van der Waals surface area contributed by atoms with Crippen LogP contribution in [0.5, 0.6) is 0 Å². The number of carboxylic acid groups (broad SMARTS) is 1. The molecule has 0 aliphatic carbocycles. The number of aryl methyl sites for hydroxylation is 1. The lowest BCUT2D eigenvalue weighted by Gasteiger charge is -2.22. The number of benzene rings is 2. The molecule has 5 rings (SSSR count). The van der Waals surface area contributed by atoms with Gasteiger partial charge in [0, 0.05) is 24.8 Å². The van der Waals surface area contributed by atoms with E-state index in [-0.39, 0.29) is 5.69 Å². The number of hydrogen-bond donors (Lipinski definition) is 1. The van der Waals surface area contributed by atoms with E-state index in [2.05, 4.69) is 53.1 Å². The van der Waals surface area contributed by atoms with E-state index in [1.165, 1.54) is 5.69 Å². The van der Waals surface area contributed by atoms with Gasteiger partial charge in [-0.3, -0.25) is 0 Å². The van der Waals surface area contributed by atoms with E-state index in [0.717, 1.165) is 47.4 Å². The number of para-hydroxylation sites is 1. The first-order valence-electron chi connectivity index (χ1n) is 11.1. The summed E-state index contributed by atoms with van der Waals surface area (Å²) in [5, 5.41) is 15.3. The van der Waals surface area contributed by atoms with Crippen molar-refractivity contribution in [3.05, 3.63) is 72.1 Å². The molecular weight excluding hydrogens is 414 g/mol. The van der Waals surface area contributed by atoms with E-state index in [1.54, 1.807) is 10.7 Å². The topological polar surface area (TPSA) is 74.5 Å². The number of pyridine rings is 1. The Morgan fingerprint density at radius 2 is 1.79 bits per heavy atom. The van der Waals surface area contributed by atoms with E-state index >= 15 is 0 Å². The fourth-order valence-corrected chi connectivity index (χ4v) is 4.63. The molecule has 168 valence electrons. The number of nitrogens with zero attached hydrogens (tertiary/aromatic N) is 5. The maximum atomic E-state index is 11.9. The Morgan fingerprint density at radius 3 is 2.42 bits per heavy atom. The van der Waals surface area contributed by atoms with Crippen LogP contribution in [0.4, 0.5) is 5.69 Å². The molecule has 0 bridgehead atoms. The highest BCUT2D eigenvalue weighted by Crippen LogP contribution is 2.34. The number of aromatic carboxylic acids is 1. The number of likely N-dealkylation sites (N-methyl/N-ethyl adjacent to an activating group) is 1. The minimum Gasteiger partial charge on any atom is -0.477 e. The summed E-state index contributed by atoms with van der Waals surface area (Å²) in [4.78, 5) is 21.0. The summed E-state index contributed by atoms with van der Waals surface area (Å²) in [5.74, 6) is -1.06. The smallest absolute Gasteiger partial charge is 0.354 e. The van der Waals surface area contributed by atoms with Crippen LogP contribution < -0.4 is 4.90 Å². The maximum absolute atomic E-state index is 11.9. The SMILES string of the molecule is Cc1nn(-c2ccccc2)c2nc(C(=O)O)cc(-c3ccc(N4CCC(N(C)C)C4)cc3)c12. The molecule has 0 amide bonds. The van der Waals surface area contributed by atoms with Crippen LogP contribution in [0.3, 0.4) is 0 Å². The molecule has 0 saturated carbocycles. The van der Waals surface area contributed by atoms with E-state index in [4.69, 9.17) is 5.10 Å². The van der Waals surface area contributed by atoms with Crippen LogP contribution in [-0.2, 0) is 0 Å². The van der Waals surface area contributed by atoms with Crippen molar-refractivity contribution in [3.63, 3.8) is 0 Å². The molecule has 1 saturated heterocycles. The largest absolute Gasteiger partial charge is 0.477 e. The zero-order valence-electron chi connectivity index (χ0n) is 19.1. The standard InChI is InChI=1S/C26H27N5O2/c1-17-24-22(18-9-11-19(12-10-18)30-14-13-21(16-30)29(2)3)15-23(26(32)33)27-25(24)31(28-17)20-7-5-4-6-8-20/h4-12,15,21H,13-14,16H2,1-3H3,(H,32,33). The lowest BCUT2D eigenvalue weighted by Crippen LogP contribution is -2.31. The van der Waals surface area contributed by atoms with Crippen molar-refractivity contribution < 1.29 is 9.90 Å². The highest BCUT2D eigenvalue weighted by molar-refractivity contribution is 6.00. The maximum Gasteiger partial charge on any atom is 0.354 e. The van der Waals surface area contributed by atoms with E-state index in [9.17, 15) is 9.90 Å². The van der Waals surface area contributed by atoms with Gasteiger partial charge in [0.2, 0.25) is 0 Å². The number of fused-ring (bicyclic) bond motifs is 1. The van der Waals surface area contributed by atoms with Crippen molar-refractivity contribution in [1.29, 1.82) is 0 Å². The molecule has 2 aromatic heterocycles. The average molecular weight is 442 g/mol. The van der Waals surface area contributed by atoms with Gasteiger partial charge in [0.25, 0.3) is 0 Å². The molecular formula is C26H27N5O2. The molecule has 33 heavy (non-hydrogen) atoms. The van der Waals surface area contributed by atoms with Gasteiger partial charge in [-0.15, -0.1) is 0 Å². The third-order valence-electron chi connectivity index (χ3n) is 6.47. The number of hydrogen-bond acceptors (Lipinski definition) is 5. The molecule has 3 heterocycles. The van der Waals surface area contributed by atoms with Gasteiger partial charge in [0.05, 0.1) is 16.8 Å². The molecule has 1 unspecified atom stereocenters. The second-order valence-electron chi connectivity index (χ2n) is 8.79. The van der Waals surface area contributed by atoms with E-state index < -0.39 is 5.97 Å². The van der Waals surface area contributed by atoms with Crippen molar-refractivity contribution in [2.24, 2.45) is 0 Å². The Bertz CT molecular complexity index is 1310. The molecule has 7 heteroatoms. The van der Waals surface area contributed by atoms with E-state index in [1.807, 2.05) is 37.3 Å². The summed E-state index contributed by atoms with van der Waals surface area (Å²) in [6, 6.07) is 20.3. The first kappa shape index (κ1) is 21.2. The van der Waals surface area contributed by atoms with Gasteiger partial charge in [-0.2, -0.15) is 5.10 Å². The third-order valence-corrected chi connectivity index (χ3v) is 6.47.